The minimum atomic E-state index is -2.88. The average molecular weight is 258 g/mol. The molecular weight excluding hydrogens is 249 g/mol. The quantitative estimate of drug-likeness (QED) is 0.911. The molecule has 0 aliphatic rings. The predicted octanol–water partition coefficient (Wildman–Crippen LogP) is 2.04. The van der Waals surface area contributed by atoms with Crippen LogP contribution in [0.15, 0.2) is 28.8 Å². The van der Waals surface area contributed by atoms with Crippen molar-refractivity contribution < 1.29 is 22.8 Å². The van der Waals surface area contributed by atoms with Crippen LogP contribution >= 0.6 is 0 Å². The van der Waals surface area contributed by atoms with Crippen molar-refractivity contribution in [2.75, 3.05) is 0 Å². The van der Waals surface area contributed by atoms with Gasteiger partial charge in [0.2, 0.25) is 11.7 Å². The maximum atomic E-state index is 13.0. The van der Waals surface area contributed by atoms with Crippen molar-refractivity contribution in [1.82, 2.24) is 10.1 Å². The molecule has 0 saturated heterocycles. The molecule has 1 aromatic carbocycles. The third-order valence-electron chi connectivity index (χ3n) is 2.23. The van der Waals surface area contributed by atoms with Crippen molar-refractivity contribution in [2.45, 2.75) is 19.0 Å². The summed E-state index contributed by atoms with van der Waals surface area (Å²) in [6, 6.07) is 5.47. The summed E-state index contributed by atoms with van der Waals surface area (Å²) in [4.78, 5) is 3.81. The van der Waals surface area contributed by atoms with E-state index >= 15 is 0 Å². The maximum absolute atomic E-state index is 13.0. The molecule has 1 heterocycles. The second-order valence-corrected chi connectivity index (χ2v) is 3.63. The van der Waals surface area contributed by atoms with Gasteiger partial charge in [0.25, 0.3) is 6.43 Å². The van der Waals surface area contributed by atoms with Gasteiger partial charge in [-0.15, -0.1) is 0 Å². The summed E-state index contributed by atoms with van der Waals surface area (Å²) in [7, 11) is 0. The van der Waals surface area contributed by atoms with Crippen LogP contribution in [0.5, 0.6) is 0 Å². The molecule has 7 heteroatoms. The first kappa shape index (κ1) is 12.6. The van der Waals surface area contributed by atoms with Crippen LogP contribution in [0.2, 0.25) is 0 Å². The molecule has 0 radical (unpaired) electrons. The largest absolute Gasteiger partial charge is 0.387 e. The first-order valence-corrected chi connectivity index (χ1v) is 5.11. The van der Waals surface area contributed by atoms with Crippen LogP contribution in [0.3, 0.4) is 0 Å². The van der Waals surface area contributed by atoms with Crippen molar-refractivity contribution in [3.05, 3.63) is 36.0 Å². The average Bonchev–Trinajstić information content (AvgIpc) is 2.77. The van der Waals surface area contributed by atoms with Crippen molar-refractivity contribution in [1.29, 1.82) is 0 Å². The van der Waals surface area contributed by atoms with Gasteiger partial charge >= 0.3 is 0 Å². The zero-order valence-corrected chi connectivity index (χ0v) is 9.05. The number of aliphatic hydroxyl groups excluding tert-OH is 1. The smallest absolute Gasteiger partial charge is 0.264 e. The molecule has 0 spiro atoms. The van der Waals surface area contributed by atoms with Gasteiger partial charge in [0.05, 0.1) is 6.42 Å². The van der Waals surface area contributed by atoms with Gasteiger partial charge in [-0.3, -0.25) is 0 Å². The number of halogens is 3. The Balaban J connectivity index is 2.15. The molecule has 0 bridgehead atoms. The second kappa shape index (κ2) is 5.18. The number of nitrogens with zero attached hydrogens (tertiary/aromatic N) is 2. The highest BCUT2D eigenvalue weighted by Crippen LogP contribution is 2.17. The molecule has 1 atom stereocenters. The van der Waals surface area contributed by atoms with Gasteiger partial charge in [0, 0.05) is 5.56 Å². The van der Waals surface area contributed by atoms with Crippen LogP contribution in [0.25, 0.3) is 11.4 Å². The van der Waals surface area contributed by atoms with E-state index in [0.29, 0.717) is 5.56 Å². The Kier molecular flexibility index (Phi) is 3.61. The van der Waals surface area contributed by atoms with Gasteiger partial charge in [0.1, 0.15) is 11.9 Å². The molecule has 18 heavy (non-hydrogen) atoms. The second-order valence-electron chi connectivity index (χ2n) is 3.63. The molecule has 2 rings (SSSR count). The summed E-state index contributed by atoms with van der Waals surface area (Å²) < 4.78 is 41.9. The van der Waals surface area contributed by atoms with Crippen molar-refractivity contribution in [3.8, 4) is 11.4 Å². The van der Waals surface area contributed by atoms with E-state index in [1.165, 1.54) is 18.2 Å². The minimum Gasteiger partial charge on any atom is -0.387 e. The molecule has 96 valence electrons. The number of hydrogen-bond donors (Lipinski definition) is 1. The van der Waals surface area contributed by atoms with E-state index in [2.05, 4.69) is 10.1 Å². The Morgan fingerprint density at radius 2 is 2.11 bits per heavy atom. The summed E-state index contributed by atoms with van der Waals surface area (Å²) in [6.07, 6.45) is -5.18. The van der Waals surface area contributed by atoms with Crippen molar-refractivity contribution >= 4 is 0 Å². The Hall–Kier alpha value is -1.89. The van der Waals surface area contributed by atoms with Crippen LogP contribution in [0.4, 0.5) is 13.2 Å². The fraction of sp³-hybridized carbons (Fsp3) is 0.273. The number of aromatic nitrogens is 2. The van der Waals surface area contributed by atoms with E-state index in [-0.39, 0.29) is 11.7 Å². The number of benzene rings is 1. The number of aliphatic hydroxyl groups is 1. The molecule has 1 aromatic heterocycles. The first-order chi connectivity index (χ1) is 8.56. The molecule has 1 N–H and O–H groups in total. The Bertz CT molecular complexity index is 531. The van der Waals surface area contributed by atoms with E-state index in [1.807, 2.05) is 0 Å². The Labute approximate surface area is 100 Å². The SMILES string of the molecule is OC(Cc1nc(-c2cccc(F)c2)no1)C(F)F. The standard InChI is InChI=1S/C11H9F3N2O2/c12-7-3-1-2-6(4-7)11-15-9(18-16-11)5-8(17)10(13)14/h1-4,8,10,17H,5H2. The fourth-order valence-corrected chi connectivity index (χ4v) is 1.35. The van der Waals surface area contributed by atoms with Crippen LogP contribution in [0.1, 0.15) is 5.89 Å². The van der Waals surface area contributed by atoms with Gasteiger partial charge in [0.15, 0.2) is 0 Å². The lowest BCUT2D eigenvalue weighted by Crippen LogP contribution is -2.20. The molecular formula is C11H9F3N2O2. The predicted molar refractivity (Wildman–Crippen MR) is 55.4 cm³/mol. The molecule has 4 nitrogen and oxygen atoms in total. The van der Waals surface area contributed by atoms with Gasteiger partial charge in [-0.2, -0.15) is 4.98 Å². The topological polar surface area (TPSA) is 59.2 Å². The van der Waals surface area contributed by atoms with E-state index in [0.717, 1.165) is 0 Å². The van der Waals surface area contributed by atoms with Gasteiger partial charge in [-0.05, 0) is 12.1 Å². The summed E-state index contributed by atoms with van der Waals surface area (Å²) in [5.41, 5.74) is 0.372. The van der Waals surface area contributed by atoms with E-state index in [1.54, 1.807) is 6.07 Å². The Morgan fingerprint density at radius 3 is 2.78 bits per heavy atom. The highest BCUT2D eigenvalue weighted by Gasteiger charge is 2.21. The normalized spacial score (nSPS) is 12.9. The summed E-state index contributed by atoms with van der Waals surface area (Å²) in [6.45, 7) is 0. The van der Waals surface area contributed by atoms with Crippen molar-refractivity contribution in [3.63, 3.8) is 0 Å². The van der Waals surface area contributed by atoms with E-state index in [9.17, 15) is 13.2 Å². The van der Waals surface area contributed by atoms with Crippen LogP contribution in [-0.4, -0.2) is 27.8 Å². The number of alkyl halides is 2. The zero-order valence-electron chi connectivity index (χ0n) is 9.05. The van der Waals surface area contributed by atoms with Crippen LogP contribution < -0.4 is 0 Å². The van der Waals surface area contributed by atoms with E-state index in [4.69, 9.17) is 9.63 Å². The fourth-order valence-electron chi connectivity index (χ4n) is 1.35. The molecule has 0 saturated carbocycles. The molecule has 2 aromatic rings. The molecule has 0 aliphatic heterocycles. The number of rotatable bonds is 4. The summed E-state index contributed by atoms with van der Waals surface area (Å²) in [5, 5.41) is 12.5. The molecule has 0 amide bonds. The molecule has 1 unspecified atom stereocenters. The molecule has 0 fully saturated rings. The maximum Gasteiger partial charge on any atom is 0.264 e. The number of hydrogen-bond acceptors (Lipinski definition) is 4. The van der Waals surface area contributed by atoms with Gasteiger partial charge in [-0.25, -0.2) is 13.2 Å². The third-order valence-corrected chi connectivity index (χ3v) is 2.23. The van der Waals surface area contributed by atoms with E-state index < -0.39 is 24.8 Å². The highest BCUT2D eigenvalue weighted by molar-refractivity contribution is 5.53. The summed E-state index contributed by atoms with van der Waals surface area (Å²) in [5.74, 6) is -0.500. The van der Waals surface area contributed by atoms with Gasteiger partial charge in [-0.1, -0.05) is 17.3 Å². The molecule has 0 aliphatic carbocycles. The minimum absolute atomic E-state index is 0.0889. The van der Waals surface area contributed by atoms with Crippen LogP contribution in [0, 0.1) is 5.82 Å². The lowest BCUT2D eigenvalue weighted by Gasteiger charge is -2.04. The van der Waals surface area contributed by atoms with Crippen LogP contribution in [-0.2, 0) is 6.42 Å². The zero-order chi connectivity index (χ0) is 13.1. The third kappa shape index (κ3) is 2.86. The monoisotopic (exact) mass is 258 g/mol. The lowest BCUT2D eigenvalue weighted by atomic mass is 10.2. The van der Waals surface area contributed by atoms with Crippen molar-refractivity contribution in [2.24, 2.45) is 0 Å². The first-order valence-electron chi connectivity index (χ1n) is 5.11. The van der Waals surface area contributed by atoms with Gasteiger partial charge < -0.3 is 9.63 Å². The Morgan fingerprint density at radius 1 is 1.33 bits per heavy atom. The highest BCUT2D eigenvalue weighted by atomic mass is 19.3. The summed E-state index contributed by atoms with van der Waals surface area (Å²) >= 11 is 0. The lowest BCUT2D eigenvalue weighted by molar-refractivity contribution is -0.00754.